The lowest BCUT2D eigenvalue weighted by atomic mass is 10.1. The molecule has 0 aliphatic carbocycles. The lowest BCUT2D eigenvalue weighted by molar-refractivity contribution is 0.252. The molecule has 2 rings (SSSR count). The van der Waals surface area contributed by atoms with E-state index in [1.807, 2.05) is 19.2 Å². The van der Waals surface area contributed by atoms with Gasteiger partial charge in [-0.1, -0.05) is 23.7 Å². The Hall–Kier alpha value is -0.280. The van der Waals surface area contributed by atoms with Crippen molar-refractivity contribution in [2.24, 2.45) is 5.92 Å². The SMILES string of the molecule is CNCC1CCN(C(C)c2ccc(Cl)cc2)C1.Cl. The van der Waals surface area contributed by atoms with Gasteiger partial charge in [0.05, 0.1) is 0 Å². The van der Waals surface area contributed by atoms with Gasteiger partial charge in [0, 0.05) is 17.6 Å². The standard InChI is InChI=1S/C14H21ClN2.ClH/c1-11(13-3-5-14(15)6-4-13)17-8-7-12(10-17)9-16-2;/h3-6,11-12,16H,7-10H2,1-2H3;1H. The van der Waals surface area contributed by atoms with Crippen molar-refractivity contribution < 1.29 is 0 Å². The van der Waals surface area contributed by atoms with Crippen LogP contribution in [0.1, 0.15) is 24.9 Å². The van der Waals surface area contributed by atoms with Gasteiger partial charge in [0.15, 0.2) is 0 Å². The molecule has 1 aromatic carbocycles. The maximum atomic E-state index is 5.92. The van der Waals surface area contributed by atoms with E-state index in [4.69, 9.17) is 11.6 Å². The van der Waals surface area contributed by atoms with E-state index in [0.29, 0.717) is 6.04 Å². The first-order valence-electron chi connectivity index (χ1n) is 6.35. The average Bonchev–Trinajstić information content (AvgIpc) is 2.78. The molecule has 0 aromatic heterocycles. The van der Waals surface area contributed by atoms with Gasteiger partial charge in [-0.3, -0.25) is 4.90 Å². The van der Waals surface area contributed by atoms with Crippen LogP contribution in [0.5, 0.6) is 0 Å². The first-order chi connectivity index (χ1) is 8.20. The van der Waals surface area contributed by atoms with Crippen molar-refractivity contribution in [2.45, 2.75) is 19.4 Å². The molecular formula is C14H22Cl2N2. The summed E-state index contributed by atoms with van der Waals surface area (Å²) in [5.41, 5.74) is 1.36. The molecule has 2 nitrogen and oxygen atoms in total. The molecule has 0 spiro atoms. The van der Waals surface area contributed by atoms with Crippen molar-refractivity contribution in [2.75, 3.05) is 26.7 Å². The van der Waals surface area contributed by atoms with Gasteiger partial charge in [-0.2, -0.15) is 0 Å². The number of nitrogens with zero attached hydrogens (tertiary/aromatic N) is 1. The predicted octanol–water partition coefficient (Wildman–Crippen LogP) is 3.36. The fourth-order valence-electron chi connectivity index (χ4n) is 2.62. The van der Waals surface area contributed by atoms with Crippen LogP contribution >= 0.6 is 24.0 Å². The highest BCUT2D eigenvalue weighted by Crippen LogP contribution is 2.27. The number of rotatable bonds is 4. The molecule has 18 heavy (non-hydrogen) atoms. The van der Waals surface area contributed by atoms with E-state index in [-0.39, 0.29) is 12.4 Å². The highest BCUT2D eigenvalue weighted by Gasteiger charge is 2.25. The zero-order valence-electron chi connectivity index (χ0n) is 11.0. The molecule has 0 bridgehead atoms. The van der Waals surface area contributed by atoms with Crippen LogP contribution in [0, 0.1) is 5.92 Å². The summed E-state index contributed by atoms with van der Waals surface area (Å²) in [7, 11) is 2.03. The van der Waals surface area contributed by atoms with Crippen molar-refractivity contribution >= 4 is 24.0 Å². The molecule has 1 aliphatic heterocycles. The molecule has 1 aromatic rings. The number of hydrogen-bond donors (Lipinski definition) is 1. The maximum Gasteiger partial charge on any atom is 0.0406 e. The topological polar surface area (TPSA) is 15.3 Å². The summed E-state index contributed by atoms with van der Waals surface area (Å²) in [6.45, 7) is 5.82. The normalized spacial score (nSPS) is 21.6. The first kappa shape index (κ1) is 15.8. The Kier molecular flexibility index (Phi) is 6.44. The van der Waals surface area contributed by atoms with Crippen LogP contribution < -0.4 is 5.32 Å². The average molecular weight is 289 g/mol. The zero-order chi connectivity index (χ0) is 12.3. The Bertz CT molecular complexity index is 353. The monoisotopic (exact) mass is 288 g/mol. The third-order valence-electron chi connectivity index (χ3n) is 3.71. The lowest BCUT2D eigenvalue weighted by Crippen LogP contribution is -2.27. The van der Waals surface area contributed by atoms with Crippen molar-refractivity contribution in [3.63, 3.8) is 0 Å². The van der Waals surface area contributed by atoms with E-state index in [1.54, 1.807) is 0 Å². The molecule has 0 amide bonds. The summed E-state index contributed by atoms with van der Waals surface area (Å²) in [6.07, 6.45) is 1.30. The highest BCUT2D eigenvalue weighted by atomic mass is 35.5. The van der Waals surface area contributed by atoms with Crippen molar-refractivity contribution in [3.8, 4) is 0 Å². The number of likely N-dealkylation sites (tertiary alicyclic amines) is 1. The third-order valence-corrected chi connectivity index (χ3v) is 3.96. The van der Waals surface area contributed by atoms with E-state index in [2.05, 4.69) is 29.3 Å². The molecule has 102 valence electrons. The smallest absolute Gasteiger partial charge is 0.0406 e. The summed E-state index contributed by atoms with van der Waals surface area (Å²) in [5, 5.41) is 4.09. The maximum absolute atomic E-state index is 5.92. The van der Waals surface area contributed by atoms with Crippen molar-refractivity contribution in [1.82, 2.24) is 10.2 Å². The molecule has 0 radical (unpaired) electrons. The van der Waals surface area contributed by atoms with Gasteiger partial charge in [0.2, 0.25) is 0 Å². The summed E-state index contributed by atoms with van der Waals surface area (Å²) in [4.78, 5) is 2.56. The van der Waals surface area contributed by atoms with Gasteiger partial charge in [-0.15, -0.1) is 12.4 Å². The lowest BCUT2D eigenvalue weighted by Gasteiger charge is -2.24. The molecule has 2 atom stereocenters. The second kappa shape index (κ2) is 7.34. The van der Waals surface area contributed by atoms with Gasteiger partial charge in [-0.25, -0.2) is 0 Å². The summed E-state index contributed by atoms with van der Waals surface area (Å²) < 4.78 is 0. The minimum atomic E-state index is 0. The Morgan fingerprint density at radius 2 is 2.06 bits per heavy atom. The van der Waals surface area contributed by atoms with Crippen LogP contribution in [0.4, 0.5) is 0 Å². The molecule has 2 unspecified atom stereocenters. The van der Waals surface area contributed by atoms with Gasteiger partial charge < -0.3 is 5.32 Å². The predicted molar refractivity (Wildman–Crippen MR) is 80.7 cm³/mol. The molecule has 4 heteroatoms. The number of benzene rings is 1. The molecule has 1 saturated heterocycles. The summed E-state index contributed by atoms with van der Waals surface area (Å²) in [6, 6.07) is 8.73. The Morgan fingerprint density at radius 1 is 1.39 bits per heavy atom. The first-order valence-corrected chi connectivity index (χ1v) is 6.72. The van der Waals surface area contributed by atoms with Crippen LogP contribution in [0.3, 0.4) is 0 Å². The van der Waals surface area contributed by atoms with Gasteiger partial charge >= 0.3 is 0 Å². The number of hydrogen-bond acceptors (Lipinski definition) is 2. The van der Waals surface area contributed by atoms with Crippen molar-refractivity contribution in [3.05, 3.63) is 34.9 Å². The Balaban J connectivity index is 0.00000162. The van der Waals surface area contributed by atoms with Gasteiger partial charge in [0.1, 0.15) is 0 Å². The van der Waals surface area contributed by atoms with Crippen LogP contribution in [-0.2, 0) is 0 Å². The fraction of sp³-hybridized carbons (Fsp3) is 0.571. The second-order valence-electron chi connectivity index (χ2n) is 4.93. The van der Waals surface area contributed by atoms with Gasteiger partial charge in [-0.05, 0) is 57.1 Å². The summed E-state index contributed by atoms with van der Waals surface area (Å²) >= 11 is 5.92. The molecule has 1 aliphatic rings. The molecule has 1 N–H and O–H groups in total. The molecule has 0 saturated carbocycles. The van der Waals surface area contributed by atoms with E-state index in [1.165, 1.54) is 25.1 Å². The number of nitrogens with one attached hydrogen (secondary N) is 1. The van der Waals surface area contributed by atoms with Gasteiger partial charge in [0.25, 0.3) is 0 Å². The van der Waals surface area contributed by atoms with E-state index in [9.17, 15) is 0 Å². The van der Waals surface area contributed by atoms with E-state index in [0.717, 1.165) is 17.5 Å². The zero-order valence-corrected chi connectivity index (χ0v) is 12.6. The number of halogens is 2. The van der Waals surface area contributed by atoms with Crippen molar-refractivity contribution in [1.29, 1.82) is 0 Å². The highest BCUT2D eigenvalue weighted by molar-refractivity contribution is 6.30. The second-order valence-corrected chi connectivity index (χ2v) is 5.37. The third kappa shape index (κ3) is 3.86. The fourth-order valence-corrected chi connectivity index (χ4v) is 2.75. The summed E-state index contributed by atoms with van der Waals surface area (Å²) in [5.74, 6) is 0.801. The molecule has 1 fully saturated rings. The van der Waals surface area contributed by atoms with E-state index >= 15 is 0 Å². The van der Waals surface area contributed by atoms with Crippen LogP contribution in [0.15, 0.2) is 24.3 Å². The Labute approximate surface area is 121 Å². The van der Waals surface area contributed by atoms with E-state index < -0.39 is 0 Å². The Morgan fingerprint density at radius 3 is 2.67 bits per heavy atom. The quantitative estimate of drug-likeness (QED) is 0.914. The minimum Gasteiger partial charge on any atom is -0.319 e. The largest absolute Gasteiger partial charge is 0.319 e. The minimum absolute atomic E-state index is 0. The van der Waals surface area contributed by atoms with Crippen LogP contribution in [-0.4, -0.2) is 31.6 Å². The van der Waals surface area contributed by atoms with Crippen LogP contribution in [0.2, 0.25) is 5.02 Å². The van der Waals surface area contributed by atoms with Crippen LogP contribution in [0.25, 0.3) is 0 Å². The molecular weight excluding hydrogens is 267 g/mol. The molecule has 1 heterocycles.